The van der Waals surface area contributed by atoms with Crippen LogP contribution in [0.2, 0.25) is 0 Å². The van der Waals surface area contributed by atoms with Gasteiger partial charge in [0.2, 0.25) is 5.95 Å². The zero-order valence-electron chi connectivity index (χ0n) is 15.9. The van der Waals surface area contributed by atoms with Crippen LogP contribution in [0.5, 0.6) is 0 Å². The van der Waals surface area contributed by atoms with Crippen molar-refractivity contribution in [3.05, 3.63) is 18.5 Å². The van der Waals surface area contributed by atoms with E-state index in [1.807, 2.05) is 18.5 Å². The zero-order chi connectivity index (χ0) is 17.5. The molecule has 1 aromatic heterocycles. The summed E-state index contributed by atoms with van der Waals surface area (Å²) in [6.07, 6.45) is 17.4. The van der Waals surface area contributed by atoms with E-state index in [0.29, 0.717) is 6.04 Å². The molecule has 2 N–H and O–H groups in total. The fourth-order valence-corrected chi connectivity index (χ4v) is 3.00. The molecule has 0 fully saturated rings. The van der Waals surface area contributed by atoms with Crippen LogP contribution in [0.25, 0.3) is 0 Å². The Labute approximate surface area is 149 Å². The van der Waals surface area contributed by atoms with Gasteiger partial charge in [0.05, 0.1) is 0 Å². The monoisotopic (exact) mass is 334 g/mol. The van der Waals surface area contributed by atoms with E-state index in [4.69, 9.17) is 5.73 Å². The van der Waals surface area contributed by atoms with Crippen molar-refractivity contribution in [2.75, 3.05) is 18.0 Å². The Balaban J connectivity index is 2.33. The Hall–Kier alpha value is -1.16. The van der Waals surface area contributed by atoms with Crippen LogP contribution in [0.4, 0.5) is 5.95 Å². The van der Waals surface area contributed by atoms with Crippen LogP contribution in [0, 0.1) is 0 Å². The molecule has 138 valence electrons. The van der Waals surface area contributed by atoms with Crippen LogP contribution in [0.1, 0.15) is 84.5 Å². The first-order chi connectivity index (χ1) is 11.8. The van der Waals surface area contributed by atoms with Gasteiger partial charge in [-0.1, -0.05) is 58.8 Å². The number of anilines is 1. The summed E-state index contributed by atoms with van der Waals surface area (Å²) in [5.74, 6) is 0.869. The topological polar surface area (TPSA) is 55.0 Å². The van der Waals surface area contributed by atoms with E-state index in [1.54, 1.807) is 0 Å². The quantitative estimate of drug-likeness (QED) is 0.461. The van der Waals surface area contributed by atoms with Crippen molar-refractivity contribution < 1.29 is 0 Å². The predicted octanol–water partition coefficient (Wildman–Crippen LogP) is 4.94. The summed E-state index contributed by atoms with van der Waals surface area (Å²) in [5, 5.41) is 0. The van der Waals surface area contributed by atoms with Gasteiger partial charge in [-0.15, -0.1) is 0 Å². The van der Waals surface area contributed by atoms with Gasteiger partial charge in [-0.3, -0.25) is 0 Å². The Kier molecular flexibility index (Phi) is 12.4. The second-order valence-corrected chi connectivity index (χ2v) is 6.85. The Morgan fingerprint density at radius 3 is 2.12 bits per heavy atom. The number of hydrogen-bond acceptors (Lipinski definition) is 4. The molecule has 1 rings (SSSR count). The Morgan fingerprint density at radius 1 is 0.833 bits per heavy atom. The van der Waals surface area contributed by atoms with Crippen molar-refractivity contribution in [3.8, 4) is 0 Å². The van der Waals surface area contributed by atoms with Gasteiger partial charge in [-0.2, -0.15) is 0 Å². The molecule has 1 atom stereocenters. The van der Waals surface area contributed by atoms with E-state index in [2.05, 4.69) is 28.7 Å². The largest absolute Gasteiger partial charge is 0.341 e. The lowest BCUT2D eigenvalue weighted by atomic mass is 10.1. The van der Waals surface area contributed by atoms with E-state index in [1.165, 1.54) is 51.4 Å². The van der Waals surface area contributed by atoms with Gasteiger partial charge in [0.15, 0.2) is 0 Å². The first-order valence-electron chi connectivity index (χ1n) is 10.1. The molecule has 4 nitrogen and oxygen atoms in total. The van der Waals surface area contributed by atoms with Crippen molar-refractivity contribution in [3.63, 3.8) is 0 Å². The number of nitrogens with two attached hydrogens (primary N) is 1. The second kappa shape index (κ2) is 14.2. The molecule has 0 bridgehead atoms. The SMILES string of the molecule is CCCCCCCCN(CCCC(N)CCCC)c1ncccn1. The van der Waals surface area contributed by atoms with Gasteiger partial charge in [-0.25, -0.2) is 9.97 Å². The molecule has 0 radical (unpaired) electrons. The van der Waals surface area contributed by atoms with Gasteiger partial charge in [0.25, 0.3) is 0 Å². The van der Waals surface area contributed by atoms with Gasteiger partial charge >= 0.3 is 0 Å². The van der Waals surface area contributed by atoms with Crippen LogP contribution in [0.15, 0.2) is 18.5 Å². The first-order valence-corrected chi connectivity index (χ1v) is 10.1. The lowest BCUT2D eigenvalue weighted by molar-refractivity contribution is 0.515. The minimum Gasteiger partial charge on any atom is -0.341 e. The van der Waals surface area contributed by atoms with Gasteiger partial charge in [0, 0.05) is 31.5 Å². The molecule has 1 unspecified atom stereocenters. The van der Waals surface area contributed by atoms with E-state index in [-0.39, 0.29) is 0 Å². The normalized spacial score (nSPS) is 12.3. The maximum Gasteiger partial charge on any atom is 0.225 e. The average molecular weight is 335 g/mol. The summed E-state index contributed by atoms with van der Waals surface area (Å²) >= 11 is 0. The molecule has 0 aliphatic rings. The first kappa shape index (κ1) is 20.9. The van der Waals surface area contributed by atoms with Crippen LogP contribution in [0.3, 0.4) is 0 Å². The molecular weight excluding hydrogens is 296 g/mol. The van der Waals surface area contributed by atoms with Gasteiger partial charge in [0.1, 0.15) is 0 Å². The predicted molar refractivity (Wildman–Crippen MR) is 104 cm³/mol. The van der Waals surface area contributed by atoms with Crippen LogP contribution in [-0.4, -0.2) is 29.1 Å². The van der Waals surface area contributed by atoms with E-state index >= 15 is 0 Å². The minimum absolute atomic E-state index is 0.345. The number of rotatable bonds is 15. The van der Waals surface area contributed by atoms with E-state index in [0.717, 1.165) is 38.3 Å². The van der Waals surface area contributed by atoms with Crippen molar-refractivity contribution >= 4 is 5.95 Å². The highest BCUT2D eigenvalue weighted by Gasteiger charge is 2.10. The molecular formula is C20H38N4. The highest BCUT2D eigenvalue weighted by atomic mass is 15.2. The molecule has 24 heavy (non-hydrogen) atoms. The van der Waals surface area contributed by atoms with Crippen molar-refractivity contribution in [1.29, 1.82) is 0 Å². The third-order valence-electron chi connectivity index (χ3n) is 4.55. The number of unbranched alkanes of at least 4 members (excludes halogenated alkanes) is 6. The maximum atomic E-state index is 6.20. The number of hydrogen-bond donors (Lipinski definition) is 1. The van der Waals surface area contributed by atoms with Crippen molar-refractivity contribution in [1.82, 2.24) is 9.97 Å². The molecule has 0 saturated carbocycles. The third kappa shape index (κ3) is 9.86. The zero-order valence-corrected chi connectivity index (χ0v) is 15.9. The molecule has 4 heteroatoms. The molecule has 0 saturated heterocycles. The molecule has 1 heterocycles. The van der Waals surface area contributed by atoms with Crippen LogP contribution >= 0.6 is 0 Å². The molecule has 1 aromatic rings. The van der Waals surface area contributed by atoms with Gasteiger partial charge in [-0.05, 0) is 31.7 Å². The minimum atomic E-state index is 0.345. The summed E-state index contributed by atoms with van der Waals surface area (Å²) in [4.78, 5) is 11.2. The van der Waals surface area contributed by atoms with E-state index in [9.17, 15) is 0 Å². The molecule has 0 amide bonds. The summed E-state index contributed by atoms with van der Waals surface area (Å²) in [7, 11) is 0. The van der Waals surface area contributed by atoms with Gasteiger partial charge < -0.3 is 10.6 Å². The summed E-state index contributed by atoms with van der Waals surface area (Å²) in [6.45, 7) is 6.56. The summed E-state index contributed by atoms with van der Waals surface area (Å²) < 4.78 is 0. The molecule has 0 aliphatic heterocycles. The van der Waals surface area contributed by atoms with Crippen molar-refractivity contribution in [2.24, 2.45) is 5.73 Å². The Morgan fingerprint density at radius 2 is 1.42 bits per heavy atom. The highest BCUT2D eigenvalue weighted by Crippen LogP contribution is 2.12. The maximum absolute atomic E-state index is 6.20. The average Bonchev–Trinajstić information content (AvgIpc) is 2.62. The van der Waals surface area contributed by atoms with Crippen molar-refractivity contribution in [2.45, 2.75) is 90.5 Å². The summed E-state index contributed by atoms with van der Waals surface area (Å²) in [5.41, 5.74) is 6.20. The lowest BCUT2D eigenvalue weighted by Crippen LogP contribution is -2.29. The number of aromatic nitrogens is 2. The smallest absolute Gasteiger partial charge is 0.225 e. The highest BCUT2D eigenvalue weighted by molar-refractivity contribution is 5.27. The lowest BCUT2D eigenvalue weighted by Gasteiger charge is -2.23. The molecule has 0 aliphatic carbocycles. The standard InChI is InChI=1S/C20H38N4/c1-3-5-7-8-9-10-17-24(20-22-15-12-16-23-20)18-11-14-19(21)13-6-4-2/h12,15-16,19H,3-11,13-14,17-18,21H2,1-2H3. The Bertz CT molecular complexity index is 382. The fraction of sp³-hybridized carbons (Fsp3) is 0.800. The summed E-state index contributed by atoms with van der Waals surface area (Å²) in [6, 6.07) is 2.23. The molecule has 0 spiro atoms. The fourth-order valence-electron chi connectivity index (χ4n) is 3.00. The van der Waals surface area contributed by atoms with E-state index < -0.39 is 0 Å². The third-order valence-corrected chi connectivity index (χ3v) is 4.55. The number of nitrogens with zero attached hydrogens (tertiary/aromatic N) is 3. The molecule has 0 aromatic carbocycles. The van der Waals surface area contributed by atoms with Crippen LogP contribution < -0.4 is 10.6 Å². The van der Waals surface area contributed by atoms with Crippen LogP contribution in [-0.2, 0) is 0 Å². The second-order valence-electron chi connectivity index (χ2n) is 6.85.